The summed E-state index contributed by atoms with van der Waals surface area (Å²) >= 11 is 0. The number of aryl methyl sites for hydroxylation is 1. The fourth-order valence-electron chi connectivity index (χ4n) is 2.13. The van der Waals surface area contributed by atoms with Crippen molar-refractivity contribution < 1.29 is 0 Å². The van der Waals surface area contributed by atoms with Gasteiger partial charge in [-0.25, -0.2) is 4.68 Å². The lowest BCUT2D eigenvalue weighted by atomic mass is 10.1. The highest BCUT2D eigenvalue weighted by Crippen LogP contribution is 2.40. The molecule has 1 aliphatic rings. The van der Waals surface area contributed by atoms with Crippen molar-refractivity contribution in [2.24, 2.45) is 5.92 Å². The molecule has 1 heterocycles. The van der Waals surface area contributed by atoms with Crippen molar-refractivity contribution in [1.82, 2.24) is 20.3 Å². The van der Waals surface area contributed by atoms with E-state index in [-0.39, 0.29) is 0 Å². The van der Waals surface area contributed by atoms with Crippen LogP contribution >= 0.6 is 0 Å². The molecule has 2 rings (SSSR count). The third kappa shape index (κ3) is 2.61. The van der Waals surface area contributed by atoms with Crippen molar-refractivity contribution in [3.8, 4) is 0 Å². The van der Waals surface area contributed by atoms with Crippen LogP contribution in [0.1, 0.15) is 51.3 Å². The summed E-state index contributed by atoms with van der Waals surface area (Å²) in [5.74, 6) is 0.806. The standard InChI is InChI=1S/C12H22N4/c1-3-7-13-12(10-5-6-10)11-9-14-15-16(11)8-4-2/h9-10,12-13H,3-8H2,1-2H3. The maximum atomic E-state index is 4.17. The highest BCUT2D eigenvalue weighted by Gasteiger charge is 2.33. The summed E-state index contributed by atoms with van der Waals surface area (Å²) in [4.78, 5) is 0. The van der Waals surface area contributed by atoms with Crippen molar-refractivity contribution in [3.05, 3.63) is 11.9 Å². The zero-order valence-corrected chi connectivity index (χ0v) is 10.3. The Kier molecular flexibility index (Phi) is 3.93. The molecule has 1 aliphatic carbocycles. The molecule has 0 amide bonds. The lowest BCUT2D eigenvalue weighted by molar-refractivity contribution is 0.432. The molecule has 90 valence electrons. The topological polar surface area (TPSA) is 42.7 Å². The molecule has 1 unspecified atom stereocenters. The second-order valence-corrected chi connectivity index (χ2v) is 4.65. The van der Waals surface area contributed by atoms with E-state index in [1.54, 1.807) is 0 Å². The monoisotopic (exact) mass is 222 g/mol. The van der Waals surface area contributed by atoms with Crippen LogP contribution in [0, 0.1) is 5.92 Å². The maximum Gasteiger partial charge on any atom is 0.0759 e. The van der Waals surface area contributed by atoms with Crippen LogP contribution in [0.2, 0.25) is 0 Å². The van der Waals surface area contributed by atoms with Gasteiger partial charge in [0.05, 0.1) is 17.9 Å². The molecular weight excluding hydrogens is 200 g/mol. The van der Waals surface area contributed by atoms with Crippen molar-refractivity contribution in [3.63, 3.8) is 0 Å². The van der Waals surface area contributed by atoms with E-state index < -0.39 is 0 Å². The lowest BCUT2D eigenvalue weighted by Crippen LogP contribution is -2.26. The number of hydrogen-bond donors (Lipinski definition) is 1. The average Bonchev–Trinajstić information content (AvgIpc) is 3.02. The molecule has 4 heteroatoms. The minimum absolute atomic E-state index is 0.474. The average molecular weight is 222 g/mol. The molecular formula is C12H22N4. The first-order chi connectivity index (χ1) is 7.86. The normalized spacial score (nSPS) is 17.6. The number of nitrogens with zero attached hydrogens (tertiary/aromatic N) is 3. The van der Waals surface area contributed by atoms with Gasteiger partial charge < -0.3 is 5.32 Å². The minimum Gasteiger partial charge on any atom is -0.308 e. The van der Waals surface area contributed by atoms with Crippen LogP contribution in [-0.2, 0) is 6.54 Å². The van der Waals surface area contributed by atoms with Crippen LogP contribution < -0.4 is 5.32 Å². The third-order valence-electron chi connectivity index (χ3n) is 3.11. The van der Waals surface area contributed by atoms with Crippen molar-refractivity contribution in [1.29, 1.82) is 0 Å². The van der Waals surface area contributed by atoms with Gasteiger partial charge in [0, 0.05) is 6.54 Å². The van der Waals surface area contributed by atoms with Gasteiger partial charge in [-0.05, 0) is 38.1 Å². The molecule has 0 radical (unpaired) electrons. The fraction of sp³-hybridized carbons (Fsp3) is 0.833. The van der Waals surface area contributed by atoms with E-state index in [1.807, 2.05) is 6.20 Å². The van der Waals surface area contributed by atoms with E-state index in [2.05, 4.69) is 34.2 Å². The van der Waals surface area contributed by atoms with E-state index >= 15 is 0 Å². The molecule has 1 saturated carbocycles. The molecule has 16 heavy (non-hydrogen) atoms. The second-order valence-electron chi connectivity index (χ2n) is 4.65. The number of nitrogens with one attached hydrogen (secondary N) is 1. The highest BCUT2D eigenvalue weighted by atomic mass is 15.4. The molecule has 0 aromatic carbocycles. The Morgan fingerprint density at radius 2 is 2.25 bits per heavy atom. The van der Waals surface area contributed by atoms with E-state index in [4.69, 9.17) is 0 Å². The van der Waals surface area contributed by atoms with Gasteiger partial charge in [-0.2, -0.15) is 0 Å². The summed E-state index contributed by atoms with van der Waals surface area (Å²) in [5, 5.41) is 11.9. The lowest BCUT2D eigenvalue weighted by Gasteiger charge is -2.18. The largest absolute Gasteiger partial charge is 0.308 e. The Bertz CT molecular complexity index is 317. The van der Waals surface area contributed by atoms with Crippen molar-refractivity contribution in [2.75, 3.05) is 6.54 Å². The molecule has 1 aromatic rings. The Morgan fingerprint density at radius 3 is 2.88 bits per heavy atom. The molecule has 1 atom stereocenters. The summed E-state index contributed by atoms with van der Waals surface area (Å²) in [6.07, 6.45) is 6.92. The smallest absolute Gasteiger partial charge is 0.0759 e. The molecule has 1 aromatic heterocycles. The second kappa shape index (κ2) is 5.43. The van der Waals surface area contributed by atoms with Gasteiger partial charge in [0.25, 0.3) is 0 Å². The van der Waals surface area contributed by atoms with Gasteiger partial charge in [-0.1, -0.05) is 19.1 Å². The summed E-state index contributed by atoms with van der Waals surface area (Å²) < 4.78 is 2.06. The Labute approximate surface area is 97.4 Å². The zero-order chi connectivity index (χ0) is 11.4. The number of rotatable bonds is 7. The van der Waals surface area contributed by atoms with Gasteiger partial charge in [0.15, 0.2) is 0 Å². The molecule has 1 fully saturated rings. The summed E-state index contributed by atoms with van der Waals surface area (Å²) in [6, 6.07) is 0.474. The van der Waals surface area contributed by atoms with Crippen LogP contribution in [0.5, 0.6) is 0 Å². The molecule has 4 nitrogen and oxygen atoms in total. The van der Waals surface area contributed by atoms with Gasteiger partial charge in [-0.15, -0.1) is 5.10 Å². The predicted molar refractivity (Wildman–Crippen MR) is 64.1 cm³/mol. The minimum atomic E-state index is 0.474. The van der Waals surface area contributed by atoms with Crippen molar-refractivity contribution in [2.45, 2.75) is 52.1 Å². The van der Waals surface area contributed by atoms with Gasteiger partial charge in [0.1, 0.15) is 0 Å². The van der Waals surface area contributed by atoms with Gasteiger partial charge >= 0.3 is 0 Å². The molecule has 0 aliphatic heterocycles. The Morgan fingerprint density at radius 1 is 1.44 bits per heavy atom. The molecule has 1 N–H and O–H groups in total. The Balaban J connectivity index is 2.07. The zero-order valence-electron chi connectivity index (χ0n) is 10.3. The maximum absolute atomic E-state index is 4.17. The van der Waals surface area contributed by atoms with E-state index in [0.29, 0.717) is 6.04 Å². The first-order valence-electron chi connectivity index (χ1n) is 6.48. The third-order valence-corrected chi connectivity index (χ3v) is 3.11. The first-order valence-corrected chi connectivity index (χ1v) is 6.48. The first kappa shape index (κ1) is 11.6. The van der Waals surface area contributed by atoms with Crippen LogP contribution in [0.4, 0.5) is 0 Å². The SMILES string of the molecule is CCCNC(c1cnnn1CCC)C1CC1. The van der Waals surface area contributed by atoms with Crippen LogP contribution in [-0.4, -0.2) is 21.5 Å². The van der Waals surface area contributed by atoms with Crippen molar-refractivity contribution >= 4 is 0 Å². The number of aromatic nitrogens is 3. The van der Waals surface area contributed by atoms with Crippen LogP contribution in [0.25, 0.3) is 0 Å². The number of hydrogen-bond acceptors (Lipinski definition) is 3. The molecule has 0 bridgehead atoms. The highest BCUT2D eigenvalue weighted by molar-refractivity contribution is 5.07. The predicted octanol–water partition coefficient (Wildman–Crippen LogP) is 2.14. The molecule has 0 spiro atoms. The summed E-state index contributed by atoms with van der Waals surface area (Å²) in [7, 11) is 0. The van der Waals surface area contributed by atoms with E-state index in [0.717, 1.165) is 25.4 Å². The molecule has 0 saturated heterocycles. The summed E-state index contributed by atoms with van der Waals surface area (Å²) in [6.45, 7) is 6.44. The van der Waals surface area contributed by atoms with E-state index in [9.17, 15) is 0 Å². The quantitative estimate of drug-likeness (QED) is 0.768. The van der Waals surface area contributed by atoms with Crippen LogP contribution in [0.3, 0.4) is 0 Å². The van der Waals surface area contributed by atoms with Crippen LogP contribution in [0.15, 0.2) is 6.20 Å². The van der Waals surface area contributed by atoms with E-state index in [1.165, 1.54) is 25.0 Å². The Hall–Kier alpha value is -0.900. The fourth-order valence-corrected chi connectivity index (χ4v) is 2.13. The summed E-state index contributed by atoms with van der Waals surface area (Å²) in [5.41, 5.74) is 1.28. The van der Waals surface area contributed by atoms with Gasteiger partial charge in [-0.3, -0.25) is 0 Å². The van der Waals surface area contributed by atoms with Gasteiger partial charge in [0.2, 0.25) is 0 Å².